The van der Waals surface area contributed by atoms with Crippen LogP contribution in [0.4, 0.5) is 0 Å². The van der Waals surface area contributed by atoms with Gasteiger partial charge < -0.3 is 9.47 Å². The Morgan fingerprint density at radius 2 is 1.69 bits per heavy atom. The van der Waals surface area contributed by atoms with E-state index in [1.807, 2.05) is 48.5 Å². The Kier molecular flexibility index (Phi) is 4.64. The number of carbonyl (C=O) groups is 1. The van der Waals surface area contributed by atoms with Gasteiger partial charge in [-0.2, -0.15) is 5.26 Å². The van der Waals surface area contributed by atoms with Crippen LogP contribution in [0, 0.1) is 22.7 Å². The molecule has 3 atom stereocenters. The van der Waals surface area contributed by atoms with E-state index in [1.165, 1.54) is 0 Å². The molecule has 0 N–H and O–H groups in total. The molecule has 4 heteroatoms. The summed E-state index contributed by atoms with van der Waals surface area (Å²) in [5.41, 5.74) is 2.21. The topological polar surface area (TPSA) is 59.3 Å². The van der Waals surface area contributed by atoms with Crippen molar-refractivity contribution in [2.75, 3.05) is 0 Å². The zero-order chi connectivity index (χ0) is 22.3. The van der Waals surface area contributed by atoms with E-state index in [0.717, 1.165) is 11.1 Å². The number of allylic oxidation sites excluding steroid dienone is 1. The van der Waals surface area contributed by atoms with E-state index in [2.05, 4.69) is 44.2 Å². The molecule has 3 aromatic carbocycles. The molecule has 0 amide bonds. The number of benzene rings is 3. The molecule has 158 valence electrons. The molecule has 1 saturated carbocycles. The minimum absolute atomic E-state index is 0.286. The Labute approximate surface area is 187 Å². The number of nitrogens with zero attached hydrogens (tertiary/aromatic N) is 1. The molecule has 0 saturated heterocycles. The van der Waals surface area contributed by atoms with Gasteiger partial charge in [0.1, 0.15) is 17.6 Å². The van der Waals surface area contributed by atoms with Crippen LogP contribution in [0.25, 0.3) is 6.08 Å². The van der Waals surface area contributed by atoms with Crippen molar-refractivity contribution < 1.29 is 14.3 Å². The van der Waals surface area contributed by atoms with Crippen LogP contribution in [0.3, 0.4) is 0 Å². The Morgan fingerprint density at radius 3 is 2.47 bits per heavy atom. The first-order chi connectivity index (χ1) is 15.5. The lowest BCUT2D eigenvalue weighted by atomic mass is 9.90. The van der Waals surface area contributed by atoms with Gasteiger partial charge in [-0.3, -0.25) is 4.79 Å². The van der Waals surface area contributed by atoms with Crippen molar-refractivity contribution in [1.29, 1.82) is 5.26 Å². The van der Waals surface area contributed by atoms with Crippen LogP contribution in [0.1, 0.15) is 36.6 Å². The fraction of sp³-hybridized carbons (Fsp3) is 0.214. The Morgan fingerprint density at radius 1 is 0.969 bits per heavy atom. The highest BCUT2D eigenvalue weighted by Crippen LogP contribution is 2.73. The molecule has 32 heavy (non-hydrogen) atoms. The molecule has 0 aromatic heterocycles. The summed E-state index contributed by atoms with van der Waals surface area (Å²) >= 11 is 0. The van der Waals surface area contributed by atoms with E-state index in [4.69, 9.17) is 9.47 Å². The number of esters is 1. The largest absolute Gasteiger partial charge is 0.457 e. The first kappa shape index (κ1) is 20.1. The standard InChI is InChI=1S/C28H23NO3/c1-27(2)25(28(27)16-15-19-9-6-7-14-23(19)28)26(30)32-24(18-29)20-10-8-13-22(17-20)31-21-11-4-3-5-12-21/h3-17,24-25H,1-2H3. The molecular formula is C28H23NO3. The lowest BCUT2D eigenvalue weighted by Gasteiger charge is -2.15. The Balaban J connectivity index is 1.36. The number of hydrogen-bond donors (Lipinski definition) is 0. The van der Waals surface area contributed by atoms with Crippen molar-refractivity contribution in [2.45, 2.75) is 25.4 Å². The number of fused-ring (bicyclic) bond motifs is 2. The van der Waals surface area contributed by atoms with E-state index >= 15 is 0 Å². The molecule has 1 fully saturated rings. The first-order valence-electron chi connectivity index (χ1n) is 10.7. The first-order valence-corrected chi connectivity index (χ1v) is 10.7. The number of para-hydroxylation sites is 1. The minimum atomic E-state index is -1.00. The molecule has 0 heterocycles. The van der Waals surface area contributed by atoms with Crippen molar-refractivity contribution >= 4 is 12.0 Å². The summed E-state index contributed by atoms with van der Waals surface area (Å²) in [4.78, 5) is 13.3. The molecule has 0 radical (unpaired) electrons. The van der Waals surface area contributed by atoms with Crippen LogP contribution >= 0.6 is 0 Å². The maximum Gasteiger partial charge on any atom is 0.312 e. The highest BCUT2D eigenvalue weighted by molar-refractivity contribution is 5.87. The molecular weight excluding hydrogens is 398 g/mol. The highest BCUT2D eigenvalue weighted by Gasteiger charge is 2.75. The summed E-state index contributed by atoms with van der Waals surface area (Å²) in [6.07, 6.45) is 3.20. The Hall–Kier alpha value is -3.84. The van der Waals surface area contributed by atoms with E-state index in [0.29, 0.717) is 17.1 Å². The molecule has 2 aliphatic rings. The summed E-state index contributed by atoms with van der Waals surface area (Å²) in [6.45, 7) is 4.17. The van der Waals surface area contributed by atoms with Gasteiger partial charge in [0.15, 0.2) is 0 Å². The van der Waals surface area contributed by atoms with Crippen molar-refractivity contribution in [2.24, 2.45) is 11.3 Å². The molecule has 3 unspecified atom stereocenters. The maximum atomic E-state index is 13.3. The second kappa shape index (κ2) is 7.39. The van der Waals surface area contributed by atoms with Crippen LogP contribution in [0.2, 0.25) is 0 Å². The van der Waals surface area contributed by atoms with Crippen molar-refractivity contribution in [1.82, 2.24) is 0 Å². The zero-order valence-corrected chi connectivity index (χ0v) is 18.0. The van der Waals surface area contributed by atoms with Gasteiger partial charge in [-0.1, -0.05) is 80.6 Å². The van der Waals surface area contributed by atoms with Crippen molar-refractivity contribution in [3.8, 4) is 17.6 Å². The summed E-state index contributed by atoms with van der Waals surface area (Å²) in [7, 11) is 0. The number of hydrogen-bond acceptors (Lipinski definition) is 4. The van der Waals surface area contributed by atoms with Gasteiger partial charge >= 0.3 is 5.97 Å². The number of nitriles is 1. The lowest BCUT2D eigenvalue weighted by molar-refractivity contribution is -0.149. The predicted molar refractivity (Wildman–Crippen MR) is 122 cm³/mol. The molecule has 4 nitrogen and oxygen atoms in total. The molecule has 2 aliphatic carbocycles. The summed E-state index contributed by atoms with van der Waals surface area (Å²) in [5, 5.41) is 9.77. The quantitative estimate of drug-likeness (QED) is 0.460. The van der Waals surface area contributed by atoms with Gasteiger partial charge in [-0.15, -0.1) is 0 Å². The van der Waals surface area contributed by atoms with E-state index < -0.39 is 6.10 Å². The fourth-order valence-corrected chi connectivity index (χ4v) is 5.14. The highest BCUT2D eigenvalue weighted by atomic mass is 16.5. The van der Waals surface area contributed by atoms with Crippen molar-refractivity contribution in [3.63, 3.8) is 0 Å². The monoisotopic (exact) mass is 421 g/mol. The number of ether oxygens (including phenoxy) is 2. The molecule has 1 spiro atoms. The molecule has 0 aliphatic heterocycles. The van der Waals surface area contributed by atoms with Gasteiger partial charge in [0, 0.05) is 11.0 Å². The second-order valence-corrected chi connectivity index (χ2v) is 8.88. The van der Waals surface area contributed by atoms with Crippen LogP contribution in [0.15, 0.2) is 84.9 Å². The summed E-state index contributed by atoms with van der Waals surface area (Å²) in [5.74, 6) is 0.594. The maximum absolute atomic E-state index is 13.3. The predicted octanol–water partition coefficient (Wildman–Crippen LogP) is 6.21. The zero-order valence-electron chi connectivity index (χ0n) is 18.0. The average molecular weight is 421 g/mol. The van der Waals surface area contributed by atoms with Gasteiger partial charge in [0.05, 0.1) is 5.92 Å². The van der Waals surface area contributed by atoms with Gasteiger partial charge in [0.25, 0.3) is 0 Å². The average Bonchev–Trinajstić information content (AvgIpc) is 3.09. The van der Waals surface area contributed by atoms with E-state index in [-0.39, 0.29) is 22.7 Å². The fourth-order valence-electron chi connectivity index (χ4n) is 5.14. The lowest BCUT2D eigenvalue weighted by Crippen LogP contribution is -2.17. The van der Waals surface area contributed by atoms with E-state index in [1.54, 1.807) is 18.2 Å². The molecule has 5 rings (SSSR count). The van der Waals surface area contributed by atoms with Crippen LogP contribution in [0.5, 0.6) is 11.5 Å². The SMILES string of the molecule is CC1(C)C(C(=O)OC(C#N)c2cccc(Oc3ccccc3)c2)C12C=Cc1ccccc12. The smallest absolute Gasteiger partial charge is 0.312 e. The molecule has 0 bridgehead atoms. The van der Waals surface area contributed by atoms with Crippen LogP contribution in [-0.4, -0.2) is 5.97 Å². The third-order valence-electron chi connectivity index (χ3n) is 6.82. The van der Waals surface area contributed by atoms with E-state index in [9.17, 15) is 10.1 Å². The molecule has 3 aromatic rings. The normalized spacial score (nSPS) is 22.6. The minimum Gasteiger partial charge on any atom is -0.457 e. The third-order valence-corrected chi connectivity index (χ3v) is 6.82. The van der Waals surface area contributed by atoms with Crippen LogP contribution < -0.4 is 4.74 Å². The summed E-state index contributed by atoms with van der Waals surface area (Å²) < 4.78 is 11.6. The van der Waals surface area contributed by atoms with Gasteiger partial charge in [0.2, 0.25) is 6.10 Å². The number of rotatable bonds is 5. The van der Waals surface area contributed by atoms with Crippen molar-refractivity contribution in [3.05, 3.63) is 102 Å². The summed E-state index contributed by atoms with van der Waals surface area (Å²) in [6, 6.07) is 26.8. The third kappa shape index (κ3) is 3.01. The number of carbonyl (C=O) groups excluding carboxylic acids is 1. The second-order valence-electron chi connectivity index (χ2n) is 8.88. The van der Waals surface area contributed by atoms with Gasteiger partial charge in [-0.05, 0) is 40.8 Å². The van der Waals surface area contributed by atoms with Crippen LogP contribution in [-0.2, 0) is 14.9 Å². The Bertz CT molecular complexity index is 1250. The van der Waals surface area contributed by atoms with Gasteiger partial charge in [-0.25, -0.2) is 0 Å².